The molecule has 6 nitrogen and oxygen atoms in total. The standard InChI is InChI=1S/C28H28F3NO5/c1-18(15-20-3-5-22(6-4-20)27(35)32-14-13-26(33)34)17-36-24-11-12-25(19(2)16-24)21-7-9-23(10-8-21)37-28(29,30)31/h3-12,16,18H,13-15,17H2,1-2H3,(H,32,35)(H,33,34). The highest BCUT2D eigenvalue weighted by Gasteiger charge is 2.31. The van der Waals surface area contributed by atoms with Gasteiger partial charge in [0.2, 0.25) is 0 Å². The van der Waals surface area contributed by atoms with E-state index in [9.17, 15) is 22.8 Å². The van der Waals surface area contributed by atoms with E-state index < -0.39 is 12.3 Å². The molecule has 3 rings (SSSR count). The Morgan fingerprint density at radius 2 is 1.62 bits per heavy atom. The first-order valence-electron chi connectivity index (χ1n) is 11.7. The summed E-state index contributed by atoms with van der Waals surface area (Å²) in [6.07, 6.45) is -4.11. The number of carbonyl (C=O) groups is 2. The van der Waals surface area contributed by atoms with Gasteiger partial charge >= 0.3 is 12.3 Å². The third kappa shape index (κ3) is 8.86. The first-order valence-corrected chi connectivity index (χ1v) is 11.7. The summed E-state index contributed by atoms with van der Waals surface area (Å²) >= 11 is 0. The Kier molecular flexibility index (Phi) is 9.16. The molecule has 0 aliphatic rings. The first-order chi connectivity index (χ1) is 17.5. The van der Waals surface area contributed by atoms with Crippen LogP contribution in [0.25, 0.3) is 11.1 Å². The van der Waals surface area contributed by atoms with Crippen molar-refractivity contribution in [2.24, 2.45) is 5.92 Å². The summed E-state index contributed by atoms with van der Waals surface area (Å²) in [4.78, 5) is 22.6. The molecule has 0 aliphatic heterocycles. The number of carbonyl (C=O) groups excluding carboxylic acids is 1. The maximum absolute atomic E-state index is 12.4. The van der Waals surface area contributed by atoms with Gasteiger partial charge in [0.25, 0.3) is 5.91 Å². The summed E-state index contributed by atoms with van der Waals surface area (Å²) in [5.74, 6) is -0.661. The molecule has 0 spiro atoms. The van der Waals surface area contributed by atoms with Crippen LogP contribution in [-0.4, -0.2) is 36.5 Å². The number of benzene rings is 3. The van der Waals surface area contributed by atoms with Gasteiger partial charge in [-0.2, -0.15) is 0 Å². The van der Waals surface area contributed by atoms with Gasteiger partial charge in [-0.15, -0.1) is 13.2 Å². The highest BCUT2D eigenvalue weighted by atomic mass is 19.4. The Bertz CT molecular complexity index is 1210. The molecule has 196 valence electrons. The van der Waals surface area contributed by atoms with Gasteiger partial charge in [-0.05, 0) is 77.9 Å². The van der Waals surface area contributed by atoms with Crippen LogP contribution in [0.2, 0.25) is 0 Å². The molecule has 37 heavy (non-hydrogen) atoms. The number of aliphatic carboxylic acids is 1. The Morgan fingerprint density at radius 1 is 0.973 bits per heavy atom. The first kappa shape index (κ1) is 27.6. The molecule has 1 amide bonds. The molecule has 2 N–H and O–H groups in total. The van der Waals surface area contributed by atoms with Gasteiger partial charge in [-0.1, -0.05) is 37.3 Å². The number of hydrogen-bond acceptors (Lipinski definition) is 4. The summed E-state index contributed by atoms with van der Waals surface area (Å²) in [5.41, 5.74) is 4.09. The van der Waals surface area contributed by atoms with E-state index in [0.717, 1.165) is 28.7 Å². The van der Waals surface area contributed by atoms with Crippen molar-refractivity contribution < 1.29 is 37.3 Å². The van der Waals surface area contributed by atoms with Crippen molar-refractivity contribution in [3.63, 3.8) is 0 Å². The van der Waals surface area contributed by atoms with Crippen LogP contribution >= 0.6 is 0 Å². The SMILES string of the molecule is Cc1cc(OCC(C)Cc2ccc(C(=O)NCCC(=O)O)cc2)ccc1-c1ccc(OC(F)(F)F)cc1. The zero-order valence-corrected chi connectivity index (χ0v) is 20.5. The largest absolute Gasteiger partial charge is 0.573 e. The maximum Gasteiger partial charge on any atom is 0.573 e. The third-order valence-electron chi connectivity index (χ3n) is 5.56. The zero-order valence-electron chi connectivity index (χ0n) is 20.5. The quantitative estimate of drug-likeness (QED) is 0.326. The molecule has 0 bridgehead atoms. The average Bonchev–Trinajstić information content (AvgIpc) is 2.83. The van der Waals surface area contributed by atoms with E-state index in [1.807, 2.05) is 37.3 Å². The van der Waals surface area contributed by atoms with Gasteiger partial charge < -0.3 is 19.9 Å². The highest BCUT2D eigenvalue weighted by molar-refractivity contribution is 5.94. The van der Waals surface area contributed by atoms with Crippen molar-refractivity contribution in [2.45, 2.75) is 33.1 Å². The van der Waals surface area contributed by atoms with Crippen molar-refractivity contribution in [3.05, 3.63) is 83.4 Å². The van der Waals surface area contributed by atoms with Crippen LogP contribution in [0.3, 0.4) is 0 Å². The molecule has 0 radical (unpaired) electrons. The molecule has 3 aromatic rings. The Hall–Kier alpha value is -4.01. The van der Waals surface area contributed by atoms with Gasteiger partial charge in [0.15, 0.2) is 0 Å². The summed E-state index contributed by atoms with van der Waals surface area (Å²) < 4.78 is 47.0. The highest BCUT2D eigenvalue weighted by Crippen LogP contribution is 2.30. The van der Waals surface area contributed by atoms with Crippen molar-refractivity contribution in [3.8, 4) is 22.6 Å². The Labute approximate surface area is 213 Å². The number of aryl methyl sites for hydroxylation is 1. The van der Waals surface area contributed by atoms with E-state index in [0.29, 0.717) is 17.9 Å². The van der Waals surface area contributed by atoms with E-state index in [-0.39, 0.29) is 30.5 Å². The van der Waals surface area contributed by atoms with Crippen LogP contribution in [-0.2, 0) is 11.2 Å². The van der Waals surface area contributed by atoms with Crippen LogP contribution in [0, 0.1) is 12.8 Å². The predicted octanol–water partition coefficient (Wildman–Crippen LogP) is 6.02. The molecule has 3 aromatic carbocycles. The minimum Gasteiger partial charge on any atom is -0.493 e. The van der Waals surface area contributed by atoms with Crippen molar-refractivity contribution in [1.29, 1.82) is 0 Å². The van der Waals surface area contributed by atoms with Gasteiger partial charge in [-0.25, -0.2) is 0 Å². The second-order valence-electron chi connectivity index (χ2n) is 8.77. The van der Waals surface area contributed by atoms with Gasteiger partial charge in [-0.3, -0.25) is 9.59 Å². The van der Waals surface area contributed by atoms with E-state index in [2.05, 4.69) is 17.0 Å². The number of amides is 1. The topological polar surface area (TPSA) is 84.9 Å². The molecule has 0 fully saturated rings. The smallest absolute Gasteiger partial charge is 0.493 e. The number of carboxylic acid groups (broad SMARTS) is 1. The molecule has 0 saturated heterocycles. The fraction of sp³-hybridized carbons (Fsp3) is 0.286. The van der Waals surface area contributed by atoms with Gasteiger partial charge in [0.05, 0.1) is 13.0 Å². The van der Waals surface area contributed by atoms with Crippen LogP contribution in [0.4, 0.5) is 13.2 Å². The lowest BCUT2D eigenvalue weighted by Gasteiger charge is -2.15. The molecule has 1 atom stereocenters. The number of nitrogens with one attached hydrogen (secondary N) is 1. The lowest BCUT2D eigenvalue weighted by molar-refractivity contribution is -0.274. The average molecular weight is 516 g/mol. The number of hydrogen-bond donors (Lipinski definition) is 2. The van der Waals surface area contributed by atoms with E-state index in [1.54, 1.807) is 24.3 Å². The van der Waals surface area contributed by atoms with Crippen molar-refractivity contribution >= 4 is 11.9 Å². The second kappa shape index (κ2) is 12.3. The maximum atomic E-state index is 12.4. The molecule has 0 aromatic heterocycles. The number of halogens is 3. The number of ether oxygens (including phenoxy) is 2. The number of alkyl halides is 3. The van der Waals surface area contributed by atoms with E-state index >= 15 is 0 Å². The van der Waals surface area contributed by atoms with E-state index in [1.165, 1.54) is 12.1 Å². The zero-order chi connectivity index (χ0) is 27.0. The van der Waals surface area contributed by atoms with Crippen LogP contribution in [0.15, 0.2) is 66.7 Å². The molecule has 0 heterocycles. The number of rotatable bonds is 11. The number of carboxylic acids is 1. The lowest BCUT2D eigenvalue weighted by atomic mass is 10.00. The minimum absolute atomic E-state index is 0.0773. The Morgan fingerprint density at radius 3 is 2.22 bits per heavy atom. The summed E-state index contributed by atoms with van der Waals surface area (Å²) in [6.45, 7) is 4.51. The summed E-state index contributed by atoms with van der Waals surface area (Å²) in [5, 5.41) is 11.2. The van der Waals surface area contributed by atoms with Crippen molar-refractivity contribution in [1.82, 2.24) is 5.32 Å². The van der Waals surface area contributed by atoms with Crippen molar-refractivity contribution in [2.75, 3.05) is 13.2 Å². The van der Waals surface area contributed by atoms with Crippen LogP contribution in [0.1, 0.15) is 34.8 Å². The van der Waals surface area contributed by atoms with Crippen LogP contribution < -0.4 is 14.8 Å². The Balaban J connectivity index is 1.51. The summed E-state index contributed by atoms with van der Waals surface area (Å²) in [7, 11) is 0. The second-order valence-corrected chi connectivity index (χ2v) is 8.77. The third-order valence-corrected chi connectivity index (χ3v) is 5.56. The predicted molar refractivity (Wildman–Crippen MR) is 133 cm³/mol. The fourth-order valence-corrected chi connectivity index (χ4v) is 3.76. The normalized spacial score (nSPS) is 12.0. The lowest BCUT2D eigenvalue weighted by Crippen LogP contribution is -2.25. The van der Waals surface area contributed by atoms with Crippen LogP contribution in [0.5, 0.6) is 11.5 Å². The minimum atomic E-state index is -4.72. The molecule has 1 unspecified atom stereocenters. The monoisotopic (exact) mass is 515 g/mol. The van der Waals surface area contributed by atoms with E-state index in [4.69, 9.17) is 9.84 Å². The fourth-order valence-electron chi connectivity index (χ4n) is 3.76. The molecular weight excluding hydrogens is 487 g/mol. The molecule has 0 saturated carbocycles. The van der Waals surface area contributed by atoms with Gasteiger partial charge in [0.1, 0.15) is 11.5 Å². The van der Waals surface area contributed by atoms with Gasteiger partial charge in [0, 0.05) is 12.1 Å². The molecule has 0 aliphatic carbocycles. The summed E-state index contributed by atoms with van der Waals surface area (Å²) in [6, 6.07) is 18.5. The molecular formula is C28H28F3NO5. The molecule has 9 heteroatoms.